The van der Waals surface area contributed by atoms with Crippen LogP contribution in [0.1, 0.15) is 13.3 Å². The summed E-state index contributed by atoms with van der Waals surface area (Å²) in [5, 5.41) is 0.451. The second-order valence-electron chi connectivity index (χ2n) is 3.28. The largest absolute Gasteiger partial charge is 0.494 e. The van der Waals surface area contributed by atoms with Gasteiger partial charge in [0, 0.05) is 5.56 Å². The Morgan fingerprint density at radius 1 is 1.25 bits per heavy atom. The lowest BCUT2D eigenvalue weighted by Crippen LogP contribution is -1.94. The summed E-state index contributed by atoms with van der Waals surface area (Å²) in [5.41, 5.74) is 1.69. The lowest BCUT2D eigenvalue weighted by molar-refractivity contribution is 0.317. The molecule has 2 aromatic rings. The fourth-order valence-corrected chi connectivity index (χ4v) is 2.05. The van der Waals surface area contributed by atoms with E-state index in [2.05, 4.69) is 15.7 Å². The van der Waals surface area contributed by atoms with Crippen molar-refractivity contribution in [3.8, 4) is 17.0 Å². The number of rotatable bonds is 4. The molecule has 1 aromatic carbocycles. The quantitative estimate of drug-likeness (QED) is 0.835. The van der Waals surface area contributed by atoms with Crippen LogP contribution in [0.4, 0.5) is 0 Å². The molecule has 0 aliphatic heterocycles. The molecule has 84 valence electrons. The first-order valence-corrected chi connectivity index (χ1v) is 6.13. The molecule has 0 amide bonds. The van der Waals surface area contributed by atoms with E-state index in [4.69, 9.17) is 16.3 Å². The average Bonchev–Trinajstić information content (AvgIpc) is 2.74. The smallest absolute Gasteiger partial charge is 0.170 e. The van der Waals surface area contributed by atoms with Crippen molar-refractivity contribution in [3.63, 3.8) is 0 Å². The molecule has 1 aromatic heterocycles. The third-order valence-corrected chi connectivity index (χ3v) is 2.94. The van der Waals surface area contributed by atoms with E-state index in [1.807, 2.05) is 24.3 Å². The summed E-state index contributed by atoms with van der Waals surface area (Å²) in [6.45, 7) is 2.81. The summed E-state index contributed by atoms with van der Waals surface area (Å²) in [6, 6.07) is 7.71. The van der Waals surface area contributed by atoms with Gasteiger partial charge in [0.05, 0.1) is 18.3 Å². The van der Waals surface area contributed by atoms with Crippen molar-refractivity contribution in [2.24, 2.45) is 0 Å². The Balaban J connectivity index is 2.16. The number of halogens is 1. The number of hydrogen-bond donors (Lipinski definition) is 0. The van der Waals surface area contributed by atoms with Crippen LogP contribution in [-0.2, 0) is 0 Å². The number of ether oxygens (including phenoxy) is 1. The average molecular weight is 255 g/mol. The van der Waals surface area contributed by atoms with Crippen molar-refractivity contribution in [2.75, 3.05) is 6.61 Å². The number of benzene rings is 1. The molecule has 1 heterocycles. The molecular weight excluding hydrogens is 244 g/mol. The number of hydrogen-bond acceptors (Lipinski definition) is 4. The van der Waals surface area contributed by atoms with Crippen LogP contribution in [0.25, 0.3) is 11.3 Å². The van der Waals surface area contributed by atoms with Crippen molar-refractivity contribution in [3.05, 3.63) is 29.4 Å². The summed E-state index contributed by atoms with van der Waals surface area (Å²) >= 11 is 7.02. The maximum atomic E-state index is 5.90. The zero-order valence-electron chi connectivity index (χ0n) is 8.81. The monoisotopic (exact) mass is 254 g/mol. The fourth-order valence-electron chi connectivity index (χ4n) is 1.28. The van der Waals surface area contributed by atoms with Gasteiger partial charge < -0.3 is 4.74 Å². The van der Waals surface area contributed by atoms with Crippen LogP contribution in [0.2, 0.25) is 5.15 Å². The first-order valence-electron chi connectivity index (χ1n) is 5.02. The van der Waals surface area contributed by atoms with Crippen molar-refractivity contribution >= 4 is 23.3 Å². The Morgan fingerprint density at radius 2 is 2.00 bits per heavy atom. The molecule has 0 saturated carbocycles. The summed E-state index contributed by atoms with van der Waals surface area (Å²) in [5.74, 6) is 0.866. The zero-order valence-corrected chi connectivity index (χ0v) is 10.4. The van der Waals surface area contributed by atoms with Gasteiger partial charge in [-0.15, -0.1) is 0 Å². The van der Waals surface area contributed by atoms with Gasteiger partial charge in [0.2, 0.25) is 0 Å². The normalized spacial score (nSPS) is 10.4. The molecule has 0 unspecified atom stereocenters. The van der Waals surface area contributed by atoms with Gasteiger partial charge in [-0.3, -0.25) is 0 Å². The molecule has 5 heteroatoms. The third kappa shape index (κ3) is 2.51. The van der Waals surface area contributed by atoms with E-state index in [0.717, 1.165) is 41.8 Å². The summed E-state index contributed by atoms with van der Waals surface area (Å²) in [6.07, 6.45) is 1.00. The minimum atomic E-state index is 0.451. The second kappa shape index (κ2) is 5.27. The Bertz CT molecular complexity index is 455. The lowest BCUT2D eigenvalue weighted by atomic mass is 10.2. The molecule has 0 radical (unpaired) electrons. The van der Waals surface area contributed by atoms with E-state index in [1.165, 1.54) is 0 Å². The van der Waals surface area contributed by atoms with E-state index < -0.39 is 0 Å². The van der Waals surface area contributed by atoms with Crippen molar-refractivity contribution in [2.45, 2.75) is 13.3 Å². The highest BCUT2D eigenvalue weighted by Crippen LogP contribution is 2.27. The first-order chi connectivity index (χ1) is 7.81. The molecule has 0 aliphatic carbocycles. The first kappa shape index (κ1) is 11.4. The lowest BCUT2D eigenvalue weighted by Gasteiger charge is -2.04. The molecule has 0 aliphatic rings. The van der Waals surface area contributed by atoms with Gasteiger partial charge in [0.15, 0.2) is 5.15 Å². The van der Waals surface area contributed by atoms with E-state index in [-0.39, 0.29) is 0 Å². The van der Waals surface area contributed by atoms with Gasteiger partial charge in [-0.1, -0.05) is 18.5 Å². The van der Waals surface area contributed by atoms with E-state index in [1.54, 1.807) is 0 Å². The summed E-state index contributed by atoms with van der Waals surface area (Å²) in [7, 11) is 0. The van der Waals surface area contributed by atoms with Crippen LogP contribution < -0.4 is 4.74 Å². The Kier molecular flexibility index (Phi) is 3.74. The van der Waals surface area contributed by atoms with Crippen LogP contribution in [0.5, 0.6) is 5.75 Å². The Morgan fingerprint density at radius 3 is 2.56 bits per heavy atom. The fraction of sp³-hybridized carbons (Fsp3) is 0.273. The van der Waals surface area contributed by atoms with Gasteiger partial charge >= 0.3 is 0 Å². The highest BCUT2D eigenvalue weighted by molar-refractivity contribution is 6.99. The molecule has 16 heavy (non-hydrogen) atoms. The minimum absolute atomic E-state index is 0.451. The third-order valence-electron chi connectivity index (χ3n) is 2.05. The van der Waals surface area contributed by atoms with E-state index in [0.29, 0.717) is 5.15 Å². The van der Waals surface area contributed by atoms with Crippen molar-refractivity contribution < 1.29 is 4.74 Å². The Labute approximate surface area is 103 Å². The number of aromatic nitrogens is 2. The van der Waals surface area contributed by atoms with Crippen LogP contribution in [0.3, 0.4) is 0 Å². The van der Waals surface area contributed by atoms with Gasteiger partial charge in [0.25, 0.3) is 0 Å². The molecule has 0 spiro atoms. The van der Waals surface area contributed by atoms with Crippen LogP contribution in [0, 0.1) is 0 Å². The second-order valence-corrected chi connectivity index (χ2v) is 4.16. The van der Waals surface area contributed by atoms with Crippen LogP contribution in [0.15, 0.2) is 24.3 Å². The topological polar surface area (TPSA) is 35.0 Å². The summed E-state index contributed by atoms with van der Waals surface area (Å²) in [4.78, 5) is 0. The molecule has 3 nitrogen and oxygen atoms in total. The SMILES string of the molecule is CCCOc1ccc(-c2nsnc2Cl)cc1. The maximum absolute atomic E-state index is 5.90. The predicted molar refractivity (Wildman–Crippen MR) is 66.1 cm³/mol. The highest BCUT2D eigenvalue weighted by Gasteiger charge is 2.07. The number of nitrogens with zero attached hydrogens (tertiary/aromatic N) is 2. The van der Waals surface area contributed by atoms with E-state index >= 15 is 0 Å². The maximum Gasteiger partial charge on any atom is 0.170 e. The van der Waals surface area contributed by atoms with Crippen LogP contribution >= 0.6 is 23.3 Å². The zero-order chi connectivity index (χ0) is 11.4. The predicted octanol–water partition coefficient (Wildman–Crippen LogP) is 3.65. The van der Waals surface area contributed by atoms with Crippen LogP contribution in [-0.4, -0.2) is 15.4 Å². The molecule has 2 rings (SSSR count). The molecule has 0 fully saturated rings. The molecule has 0 atom stereocenters. The Hall–Kier alpha value is -1.13. The van der Waals surface area contributed by atoms with E-state index in [9.17, 15) is 0 Å². The van der Waals surface area contributed by atoms with Gasteiger partial charge in [0.1, 0.15) is 11.4 Å². The van der Waals surface area contributed by atoms with Gasteiger partial charge in [-0.05, 0) is 30.7 Å². The highest BCUT2D eigenvalue weighted by atomic mass is 35.5. The molecular formula is C11H11ClN2OS. The van der Waals surface area contributed by atoms with Crippen molar-refractivity contribution in [1.29, 1.82) is 0 Å². The van der Waals surface area contributed by atoms with Crippen molar-refractivity contribution in [1.82, 2.24) is 8.75 Å². The molecule has 0 saturated heterocycles. The summed E-state index contributed by atoms with van der Waals surface area (Å²) < 4.78 is 13.6. The molecule has 0 bridgehead atoms. The van der Waals surface area contributed by atoms with Gasteiger partial charge in [-0.2, -0.15) is 8.75 Å². The minimum Gasteiger partial charge on any atom is -0.494 e. The standard InChI is InChI=1S/C11H11ClN2OS/c1-2-7-15-9-5-3-8(4-6-9)10-11(12)14-16-13-10/h3-6H,2,7H2,1H3. The molecule has 0 N–H and O–H groups in total. The van der Waals surface area contributed by atoms with Gasteiger partial charge in [-0.25, -0.2) is 0 Å².